The molecule has 1 N–H and O–H groups in total. The molecule has 5 nitrogen and oxygen atoms in total. The first-order valence-corrected chi connectivity index (χ1v) is 11.8. The number of aromatic nitrogens is 1. The zero-order chi connectivity index (χ0) is 23.2. The second-order valence-electron chi connectivity index (χ2n) is 9.54. The zero-order valence-electron chi connectivity index (χ0n) is 19.2. The van der Waals surface area contributed by atoms with Gasteiger partial charge in [-0.25, -0.2) is 9.37 Å². The van der Waals surface area contributed by atoms with Gasteiger partial charge in [-0.15, -0.1) is 0 Å². The molecule has 0 spiro atoms. The number of benzene rings is 1. The number of anilines is 2. The van der Waals surface area contributed by atoms with E-state index in [4.69, 9.17) is 4.42 Å². The maximum atomic E-state index is 14.5. The predicted octanol–water partition coefficient (Wildman–Crippen LogP) is 6.51. The van der Waals surface area contributed by atoms with Crippen molar-refractivity contribution in [2.75, 3.05) is 23.3 Å². The molecule has 1 aromatic carbocycles. The fraction of sp³-hybridized carbons (Fsp3) is 0.440. The smallest absolute Gasteiger partial charge is 0.202 e. The van der Waals surface area contributed by atoms with Crippen molar-refractivity contribution in [3.05, 3.63) is 61.7 Å². The van der Waals surface area contributed by atoms with Crippen molar-refractivity contribution in [3.8, 4) is 0 Å². The zero-order valence-corrected chi connectivity index (χ0v) is 20.8. The average molecular weight is 502 g/mol. The highest BCUT2D eigenvalue weighted by Gasteiger charge is 2.29. The van der Waals surface area contributed by atoms with Crippen molar-refractivity contribution in [2.24, 2.45) is 5.41 Å². The lowest BCUT2D eigenvalue weighted by atomic mass is 9.82. The Morgan fingerprint density at radius 1 is 1.22 bits per heavy atom. The van der Waals surface area contributed by atoms with Crippen LogP contribution in [0.1, 0.15) is 56.5 Å². The van der Waals surface area contributed by atoms with E-state index in [1.807, 2.05) is 26.0 Å². The summed E-state index contributed by atoms with van der Waals surface area (Å²) in [5.41, 5.74) is 3.33. The van der Waals surface area contributed by atoms with Gasteiger partial charge in [0.2, 0.25) is 5.88 Å². The second kappa shape index (κ2) is 8.50. The molecule has 3 aromatic rings. The predicted molar refractivity (Wildman–Crippen MR) is 131 cm³/mol. The number of nitrogens with zero attached hydrogens (tertiary/aromatic N) is 2. The Kier molecular flexibility index (Phi) is 6.05. The quantitative estimate of drug-likeness (QED) is 0.413. The molecule has 1 atom stereocenters. The maximum Gasteiger partial charge on any atom is 0.202 e. The van der Waals surface area contributed by atoms with E-state index in [-0.39, 0.29) is 22.3 Å². The average Bonchev–Trinajstić information content (AvgIpc) is 2.73. The molecule has 3 heterocycles. The van der Waals surface area contributed by atoms with Crippen LogP contribution < -0.4 is 15.6 Å². The number of fused-ring (bicyclic) bond motifs is 1. The Morgan fingerprint density at radius 3 is 2.56 bits per heavy atom. The van der Waals surface area contributed by atoms with E-state index in [1.54, 1.807) is 6.92 Å². The summed E-state index contributed by atoms with van der Waals surface area (Å²) in [6, 6.07) is 6.23. The van der Waals surface area contributed by atoms with Crippen LogP contribution in [0.5, 0.6) is 0 Å². The summed E-state index contributed by atoms with van der Waals surface area (Å²) in [6.45, 7) is 11.8. The van der Waals surface area contributed by atoms with Crippen LogP contribution in [0.4, 0.5) is 16.0 Å². The molecule has 1 aliphatic rings. The Labute approximate surface area is 196 Å². The van der Waals surface area contributed by atoms with Crippen LogP contribution in [0.15, 0.2) is 38.1 Å². The summed E-state index contributed by atoms with van der Waals surface area (Å²) in [7, 11) is 0. The van der Waals surface area contributed by atoms with Gasteiger partial charge in [0.1, 0.15) is 16.0 Å². The van der Waals surface area contributed by atoms with Gasteiger partial charge in [-0.2, -0.15) is 0 Å². The molecule has 0 radical (unpaired) electrons. The molecular weight excluding hydrogens is 473 g/mol. The Balaban J connectivity index is 1.78. The van der Waals surface area contributed by atoms with Crippen molar-refractivity contribution in [1.29, 1.82) is 0 Å². The van der Waals surface area contributed by atoms with Crippen molar-refractivity contribution < 1.29 is 8.81 Å². The van der Waals surface area contributed by atoms with E-state index < -0.39 is 5.82 Å². The minimum atomic E-state index is -0.457. The first-order valence-electron chi connectivity index (χ1n) is 11.0. The van der Waals surface area contributed by atoms with Gasteiger partial charge in [-0.3, -0.25) is 4.79 Å². The first kappa shape index (κ1) is 22.8. The molecule has 1 saturated heterocycles. The topological polar surface area (TPSA) is 58.4 Å². The number of hydrogen-bond donors (Lipinski definition) is 1. The second-order valence-corrected chi connectivity index (χ2v) is 10.3. The van der Waals surface area contributed by atoms with Crippen LogP contribution >= 0.6 is 15.9 Å². The van der Waals surface area contributed by atoms with Crippen molar-refractivity contribution >= 4 is 38.5 Å². The molecule has 32 heavy (non-hydrogen) atoms. The lowest BCUT2D eigenvalue weighted by molar-refractivity contribution is 0.274. The number of halogens is 2. The molecule has 7 heteroatoms. The van der Waals surface area contributed by atoms with E-state index in [1.165, 1.54) is 12.1 Å². The highest BCUT2D eigenvalue weighted by molar-refractivity contribution is 9.10. The summed E-state index contributed by atoms with van der Waals surface area (Å²) in [6.07, 6.45) is 2.05. The summed E-state index contributed by atoms with van der Waals surface area (Å²) < 4.78 is 21.6. The third-order valence-corrected chi connectivity index (χ3v) is 7.02. The van der Waals surface area contributed by atoms with E-state index >= 15 is 0 Å². The fourth-order valence-corrected chi connectivity index (χ4v) is 4.78. The van der Waals surface area contributed by atoms with Crippen LogP contribution in [0.3, 0.4) is 0 Å². The summed E-state index contributed by atoms with van der Waals surface area (Å²) in [4.78, 5) is 19.8. The van der Waals surface area contributed by atoms with Gasteiger partial charge in [0.25, 0.3) is 0 Å². The molecule has 2 aromatic heterocycles. The van der Waals surface area contributed by atoms with Gasteiger partial charge >= 0.3 is 0 Å². The lowest BCUT2D eigenvalue weighted by Crippen LogP contribution is -2.38. The molecule has 0 bridgehead atoms. The molecule has 4 rings (SSSR count). The Morgan fingerprint density at radius 2 is 1.91 bits per heavy atom. The third kappa shape index (κ3) is 4.40. The van der Waals surface area contributed by atoms with E-state index in [9.17, 15) is 9.18 Å². The number of aryl methyl sites for hydroxylation is 1. The van der Waals surface area contributed by atoms with Gasteiger partial charge < -0.3 is 14.6 Å². The molecule has 1 unspecified atom stereocenters. The Bertz CT molecular complexity index is 1230. The van der Waals surface area contributed by atoms with Crippen molar-refractivity contribution in [2.45, 2.75) is 53.5 Å². The number of hydrogen-bond acceptors (Lipinski definition) is 5. The fourth-order valence-electron chi connectivity index (χ4n) is 4.25. The molecule has 0 amide bonds. The molecule has 170 valence electrons. The molecule has 0 saturated carbocycles. The number of pyridine rings is 1. The number of nitrogens with one attached hydrogen (secondary N) is 1. The molecule has 1 aliphatic heterocycles. The van der Waals surface area contributed by atoms with E-state index in [2.05, 4.69) is 45.0 Å². The van der Waals surface area contributed by atoms with Crippen molar-refractivity contribution in [3.63, 3.8) is 0 Å². The van der Waals surface area contributed by atoms with Gasteiger partial charge in [0.05, 0.1) is 22.7 Å². The van der Waals surface area contributed by atoms with Crippen molar-refractivity contribution in [1.82, 2.24) is 4.98 Å². The van der Waals surface area contributed by atoms with E-state index in [0.29, 0.717) is 27.2 Å². The maximum absolute atomic E-state index is 14.5. The van der Waals surface area contributed by atoms with Gasteiger partial charge in [-0.05, 0) is 79.2 Å². The van der Waals surface area contributed by atoms with Gasteiger partial charge in [0, 0.05) is 24.3 Å². The van der Waals surface area contributed by atoms with Gasteiger partial charge in [0.15, 0.2) is 5.43 Å². The summed E-state index contributed by atoms with van der Waals surface area (Å²) >= 11 is 3.48. The van der Waals surface area contributed by atoms with Crippen LogP contribution in [-0.2, 0) is 0 Å². The van der Waals surface area contributed by atoms with E-state index in [0.717, 1.165) is 37.3 Å². The highest BCUT2D eigenvalue weighted by Crippen LogP contribution is 2.36. The van der Waals surface area contributed by atoms with Crippen LogP contribution in [0.2, 0.25) is 0 Å². The highest BCUT2D eigenvalue weighted by atomic mass is 79.9. The number of piperidine rings is 1. The third-order valence-electron chi connectivity index (χ3n) is 6.42. The SMILES string of the molecule is Cc1ccc(NC(C)c2cc(F)cc3c(=O)c(C)c(N4CCC(C)(C)CC4)oc23)c(Br)n1. The van der Waals surface area contributed by atoms with Crippen LogP contribution in [0, 0.1) is 25.1 Å². The lowest BCUT2D eigenvalue weighted by Gasteiger charge is -2.37. The largest absolute Gasteiger partial charge is 0.440 e. The monoisotopic (exact) mass is 501 g/mol. The minimum absolute atomic E-state index is 0.183. The van der Waals surface area contributed by atoms with Crippen LogP contribution in [-0.4, -0.2) is 18.1 Å². The first-order chi connectivity index (χ1) is 15.1. The summed E-state index contributed by atoms with van der Waals surface area (Å²) in [5, 5.41) is 3.64. The van der Waals surface area contributed by atoms with Gasteiger partial charge in [-0.1, -0.05) is 13.8 Å². The van der Waals surface area contributed by atoms with Crippen LogP contribution in [0.25, 0.3) is 11.0 Å². The normalized spacial score (nSPS) is 16.9. The standard InChI is InChI=1S/C25H29BrFN3O2/c1-14-6-7-20(23(26)28-14)29-16(3)18-12-17(27)13-19-21(31)15(2)24(32-22(18)19)30-10-8-25(4,5)9-11-30/h6-7,12-13,16,29H,8-11H2,1-5H3. The summed E-state index contributed by atoms with van der Waals surface area (Å²) in [5.74, 6) is 0.137. The number of rotatable bonds is 4. The minimum Gasteiger partial charge on any atom is -0.440 e. The molecule has 0 aliphatic carbocycles. The Hall–Kier alpha value is -2.41. The molecular formula is C25H29BrFN3O2. The molecule has 1 fully saturated rings.